The summed E-state index contributed by atoms with van der Waals surface area (Å²) in [6.07, 6.45) is 8.90. The first-order chi connectivity index (χ1) is 15.8. The van der Waals surface area contributed by atoms with Crippen molar-refractivity contribution in [3.05, 3.63) is 53.5 Å². The van der Waals surface area contributed by atoms with E-state index in [0.717, 1.165) is 58.8 Å². The normalized spacial score (nSPS) is 15.0. The fraction of sp³-hybridized carbons (Fsp3) is 0.429. The van der Waals surface area contributed by atoms with Gasteiger partial charge in [0.2, 0.25) is 0 Å². The number of carbonyl (C=O) groups is 2. The highest BCUT2D eigenvalue weighted by Crippen LogP contribution is 2.40. The minimum absolute atomic E-state index is 0.233. The van der Waals surface area contributed by atoms with Crippen LogP contribution in [-0.2, 0) is 18.3 Å². The number of carbonyl (C=O) groups excluding carboxylic acids is 2. The lowest BCUT2D eigenvalue weighted by Gasteiger charge is -2.25. The van der Waals surface area contributed by atoms with E-state index in [-0.39, 0.29) is 11.2 Å². The zero-order chi connectivity index (χ0) is 23.6. The summed E-state index contributed by atoms with van der Waals surface area (Å²) in [5.74, 6) is -0.274. The molecule has 1 fully saturated rings. The Hall–Kier alpha value is -2.95. The summed E-state index contributed by atoms with van der Waals surface area (Å²) in [4.78, 5) is 23.1. The van der Waals surface area contributed by atoms with Crippen molar-refractivity contribution in [2.75, 3.05) is 5.32 Å². The van der Waals surface area contributed by atoms with Crippen molar-refractivity contribution in [2.45, 2.75) is 64.8 Å². The van der Waals surface area contributed by atoms with E-state index in [0.29, 0.717) is 24.4 Å². The largest absolute Gasteiger partial charge is 0.382 e. The summed E-state index contributed by atoms with van der Waals surface area (Å²) in [7, 11) is 1.96. The Labute approximate surface area is 195 Å². The number of nitrogens with zero attached hydrogens (tertiary/aromatic N) is 1. The molecule has 0 amide bonds. The van der Waals surface area contributed by atoms with Gasteiger partial charge in [-0.1, -0.05) is 39.2 Å². The molecule has 1 aliphatic carbocycles. The third-order valence-corrected chi connectivity index (χ3v) is 7.00. The van der Waals surface area contributed by atoms with Gasteiger partial charge in [0.1, 0.15) is 12.1 Å². The molecular formula is C28H33FN2O2. The van der Waals surface area contributed by atoms with Crippen molar-refractivity contribution in [1.82, 2.24) is 4.57 Å². The highest BCUT2D eigenvalue weighted by atomic mass is 19.1. The molecule has 1 aromatic heterocycles. The molecule has 0 spiro atoms. The van der Waals surface area contributed by atoms with Crippen molar-refractivity contribution in [3.63, 3.8) is 0 Å². The van der Waals surface area contributed by atoms with Crippen LogP contribution in [0.15, 0.2) is 36.4 Å². The summed E-state index contributed by atoms with van der Waals surface area (Å²) in [6.45, 7) is 4.16. The molecule has 5 heteroatoms. The number of halogens is 1. The number of fused-ring (bicyclic) bond motifs is 1. The molecule has 1 aliphatic rings. The number of hydrogen-bond donors (Lipinski definition) is 1. The SMILES string of the molecule is Cn1c(CC(C)(C)CC=O)c(-c2ccc(C=O)c(NC3CCCCC3)c2)c2ccc(F)cc21. The second-order valence-corrected chi connectivity index (χ2v) is 10.2. The summed E-state index contributed by atoms with van der Waals surface area (Å²) in [5, 5.41) is 4.59. The van der Waals surface area contributed by atoms with Gasteiger partial charge in [0, 0.05) is 47.4 Å². The summed E-state index contributed by atoms with van der Waals surface area (Å²) in [6, 6.07) is 11.2. The van der Waals surface area contributed by atoms with Gasteiger partial charge in [0.25, 0.3) is 0 Å². The van der Waals surface area contributed by atoms with Crippen LogP contribution >= 0.6 is 0 Å². The zero-order valence-corrected chi connectivity index (χ0v) is 19.8. The maximum absolute atomic E-state index is 14.1. The minimum Gasteiger partial charge on any atom is -0.382 e. The van der Waals surface area contributed by atoms with Crippen LogP contribution in [0.2, 0.25) is 0 Å². The first-order valence-corrected chi connectivity index (χ1v) is 11.9. The topological polar surface area (TPSA) is 51.1 Å². The summed E-state index contributed by atoms with van der Waals surface area (Å²) < 4.78 is 16.2. The molecule has 3 aromatic rings. The Bertz CT molecular complexity index is 1170. The standard InChI is InChI=1S/C28H33FN2O2/c1-28(2,13-14-32)17-26-27(23-12-11-21(29)16-25(23)31(26)3)19-9-10-20(18-33)24(15-19)30-22-7-5-4-6-8-22/h9-12,14-16,18,22,30H,4-8,13,17H2,1-3H3. The van der Waals surface area contributed by atoms with Gasteiger partial charge in [-0.05, 0) is 60.6 Å². The number of aryl methyl sites for hydroxylation is 1. The van der Waals surface area contributed by atoms with Crippen LogP contribution in [0.5, 0.6) is 0 Å². The molecule has 1 heterocycles. The molecule has 0 bridgehead atoms. The second kappa shape index (κ2) is 9.50. The Kier molecular flexibility index (Phi) is 6.68. The smallest absolute Gasteiger partial charge is 0.152 e. The molecule has 4 rings (SSSR count). The Morgan fingerprint density at radius 1 is 1.09 bits per heavy atom. The van der Waals surface area contributed by atoms with E-state index in [9.17, 15) is 14.0 Å². The van der Waals surface area contributed by atoms with Crippen LogP contribution < -0.4 is 5.32 Å². The number of aldehydes is 2. The van der Waals surface area contributed by atoms with Crippen molar-refractivity contribution < 1.29 is 14.0 Å². The molecule has 1 N–H and O–H groups in total. The number of anilines is 1. The van der Waals surface area contributed by atoms with Crippen molar-refractivity contribution in [1.29, 1.82) is 0 Å². The van der Waals surface area contributed by atoms with Crippen LogP contribution in [0.3, 0.4) is 0 Å². The number of hydrogen-bond acceptors (Lipinski definition) is 3. The van der Waals surface area contributed by atoms with Gasteiger partial charge in [-0.25, -0.2) is 4.39 Å². The van der Waals surface area contributed by atoms with Crippen LogP contribution in [0.25, 0.3) is 22.0 Å². The van der Waals surface area contributed by atoms with Gasteiger partial charge in [-0.15, -0.1) is 0 Å². The maximum atomic E-state index is 14.1. The molecule has 0 unspecified atom stereocenters. The second-order valence-electron chi connectivity index (χ2n) is 10.2. The zero-order valence-electron chi connectivity index (χ0n) is 19.8. The molecule has 1 saturated carbocycles. The lowest BCUT2D eigenvalue weighted by molar-refractivity contribution is -0.109. The fourth-order valence-corrected chi connectivity index (χ4v) is 5.15. The van der Waals surface area contributed by atoms with Crippen LogP contribution in [0.1, 0.15) is 68.4 Å². The third-order valence-electron chi connectivity index (χ3n) is 7.00. The molecular weight excluding hydrogens is 415 g/mol. The van der Waals surface area contributed by atoms with Crippen LogP contribution in [0, 0.1) is 11.2 Å². The van der Waals surface area contributed by atoms with Gasteiger partial charge in [0.15, 0.2) is 6.29 Å². The number of nitrogens with one attached hydrogen (secondary N) is 1. The van der Waals surface area contributed by atoms with E-state index >= 15 is 0 Å². The summed E-state index contributed by atoms with van der Waals surface area (Å²) in [5.41, 5.74) is 5.19. The van der Waals surface area contributed by atoms with Crippen LogP contribution in [0.4, 0.5) is 10.1 Å². The average molecular weight is 449 g/mol. The van der Waals surface area contributed by atoms with E-state index in [1.54, 1.807) is 6.07 Å². The molecule has 33 heavy (non-hydrogen) atoms. The van der Waals surface area contributed by atoms with Gasteiger partial charge in [0.05, 0.1) is 5.52 Å². The number of benzene rings is 2. The monoisotopic (exact) mass is 448 g/mol. The van der Waals surface area contributed by atoms with Gasteiger partial charge in [-0.3, -0.25) is 4.79 Å². The van der Waals surface area contributed by atoms with E-state index in [1.165, 1.54) is 25.3 Å². The predicted octanol–water partition coefficient (Wildman–Crippen LogP) is 6.70. The van der Waals surface area contributed by atoms with E-state index in [4.69, 9.17) is 0 Å². The van der Waals surface area contributed by atoms with E-state index in [2.05, 4.69) is 25.2 Å². The van der Waals surface area contributed by atoms with Gasteiger partial charge in [-0.2, -0.15) is 0 Å². The van der Waals surface area contributed by atoms with Crippen LogP contribution in [-0.4, -0.2) is 23.2 Å². The molecule has 0 atom stereocenters. The fourth-order valence-electron chi connectivity index (χ4n) is 5.15. The van der Waals surface area contributed by atoms with Gasteiger partial charge < -0.3 is 14.7 Å². The Morgan fingerprint density at radius 3 is 2.55 bits per heavy atom. The molecule has 0 radical (unpaired) electrons. The maximum Gasteiger partial charge on any atom is 0.152 e. The third kappa shape index (κ3) is 4.87. The molecule has 174 valence electrons. The molecule has 0 aliphatic heterocycles. The molecule has 0 saturated heterocycles. The summed E-state index contributed by atoms with van der Waals surface area (Å²) >= 11 is 0. The first-order valence-electron chi connectivity index (χ1n) is 11.9. The Balaban J connectivity index is 1.85. The number of rotatable bonds is 8. The van der Waals surface area contributed by atoms with Gasteiger partial charge >= 0.3 is 0 Å². The van der Waals surface area contributed by atoms with E-state index in [1.807, 2.05) is 29.8 Å². The Morgan fingerprint density at radius 2 is 1.85 bits per heavy atom. The number of aromatic nitrogens is 1. The molecule has 2 aromatic carbocycles. The van der Waals surface area contributed by atoms with Crippen molar-refractivity contribution in [2.24, 2.45) is 12.5 Å². The minimum atomic E-state index is -0.274. The quantitative estimate of drug-likeness (QED) is 0.390. The predicted molar refractivity (Wildman–Crippen MR) is 132 cm³/mol. The highest BCUT2D eigenvalue weighted by Gasteiger charge is 2.25. The lowest BCUT2D eigenvalue weighted by Crippen LogP contribution is -2.23. The lowest BCUT2D eigenvalue weighted by atomic mass is 9.83. The first kappa shape index (κ1) is 23.2. The average Bonchev–Trinajstić information content (AvgIpc) is 3.05. The highest BCUT2D eigenvalue weighted by molar-refractivity contribution is 5.99. The van der Waals surface area contributed by atoms with E-state index < -0.39 is 0 Å². The van der Waals surface area contributed by atoms with Crippen molar-refractivity contribution >= 4 is 29.2 Å². The molecule has 4 nitrogen and oxygen atoms in total. The van der Waals surface area contributed by atoms with Crippen molar-refractivity contribution in [3.8, 4) is 11.1 Å².